The topological polar surface area (TPSA) is 0 Å². The Morgan fingerprint density at radius 2 is 0.938 bits per heavy atom. The molecule has 8 heteroatoms. The van der Waals surface area contributed by atoms with E-state index in [9.17, 15) is 0 Å². The molecule has 2 atom stereocenters. The van der Waals surface area contributed by atoms with Gasteiger partial charge in [-0.3, -0.25) is 0 Å². The Kier molecular flexibility index (Phi) is 7.18. The Hall–Kier alpha value is 1.48. The molecule has 0 aliphatic carbocycles. The van der Waals surface area contributed by atoms with Gasteiger partial charge < -0.3 is 0 Å². The van der Waals surface area contributed by atoms with E-state index in [4.69, 9.17) is 0 Å². The maximum absolute atomic E-state index is 3.10. The van der Waals surface area contributed by atoms with E-state index in [1.165, 1.54) is 0 Å². The highest BCUT2D eigenvalue weighted by molar-refractivity contribution is 8.37. The van der Waals surface area contributed by atoms with Crippen molar-refractivity contribution in [1.29, 1.82) is 0 Å². The van der Waals surface area contributed by atoms with Gasteiger partial charge in [0.15, 0.2) is 0 Å². The van der Waals surface area contributed by atoms with E-state index in [0.29, 0.717) is 15.1 Å². The van der Waals surface area contributed by atoms with Gasteiger partial charge in [0.1, 0.15) is 0 Å². The highest BCUT2D eigenvalue weighted by atomic mass is 30.5. The van der Waals surface area contributed by atoms with Crippen LogP contribution < -0.4 is 0 Å². The zero-order valence-corrected chi connectivity index (χ0v) is 33.4. The lowest BCUT2D eigenvalue weighted by molar-refractivity contribution is 0.729. The summed E-state index contributed by atoms with van der Waals surface area (Å²) in [5, 5.41) is 1.74. The number of hydrogen-bond acceptors (Lipinski definition) is 0. The van der Waals surface area contributed by atoms with Crippen LogP contribution >= 0.6 is 0 Å². The average molecular weight is 571 g/mol. The second kappa shape index (κ2) is 7.74. The molecule has 2 unspecified atom stereocenters. The first-order valence-electron chi connectivity index (χ1n) is 13.1. The molecule has 3 heterocycles. The van der Waals surface area contributed by atoms with Gasteiger partial charge in [-0.25, -0.2) is 0 Å². The van der Waals surface area contributed by atoms with Gasteiger partial charge in [-0.1, -0.05) is 127 Å². The molecule has 3 aliphatic rings. The smallest absolute Gasteiger partial charge is 0.0677 e. The maximum atomic E-state index is 3.10. The molecule has 0 aromatic rings. The van der Waals surface area contributed by atoms with Crippen LogP contribution in [-0.2, 0) is 0 Å². The maximum Gasteiger partial charge on any atom is 0.0677 e. The van der Waals surface area contributed by atoms with Crippen molar-refractivity contribution in [1.82, 2.24) is 0 Å². The van der Waals surface area contributed by atoms with E-state index in [2.05, 4.69) is 133 Å². The van der Waals surface area contributed by atoms with Crippen LogP contribution in [-0.4, -0.2) is 59.3 Å². The van der Waals surface area contributed by atoms with E-state index in [1.54, 1.807) is 0 Å². The summed E-state index contributed by atoms with van der Waals surface area (Å²) in [4.78, 5) is 0. The molecule has 3 saturated heterocycles. The van der Waals surface area contributed by atoms with Crippen LogP contribution in [0.1, 0.15) is 62.3 Å². The van der Waals surface area contributed by atoms with Gasteiger partial charge in [-0.05, 0) is 15.1 Å². The van der Waals surface area contributed by atoms with Gasteiger partial charge in [0.2, 0.25) is 0 Å². The van der Waals surface area contributed by atoms with E-state index in [1.807, 2.05) is 5.67 Å². The summed E-state index contributed by atoms with van der Waals surface area (Å²) >= 11 is 0. The number of hydrogen-bond donors (Lipinski definition) is 0. The van der Waals surface area contributed by atoms with Crippen molar-refractivity contribution in [2.24, 2.45) is 0 Å². The van der Waals surface area contributed by atoms with Crippen molar-refractivity contribution in [3.63, 3.8) is 0 Å². The normalized spacial score (nSPS) is 29.3. The van der Waals surface area contributed by atoms with Crippen LogP contribution in [0.25, 0.3) is 0 Å². The molecular formula is C24H58Si8. The SMILES string of the molecule is CC(C)(C)[Si](C)(C)[Si]1[Si]2([Si](C)(C)C(C)(C)C)C[Si]1([Si](C)(C)C(C)(C)C)[Si]2/C=C/[Si](C)(C)C. The molecule has 0 N–H and O–H groups in total. The van der Waals surface area contributed by atoms with Crippen molar-refractivity contribution >= 4 is 59.3 Å². The fourth-order valence-corrected chi connectivity index (χ4v) is 351. The van der Waals surface area contributed by atoms with Gasteiger partial charge in [0, 0.05) is 51.2 Å². The van der Waals surface area contributed by atoms with Crippen molar-refractivity contribution in [2.75, 3.05) is 0 Å². The standard InChI is InChI=1S/C24H58Si8/c1-22(2,3)28(13,14)26-31(29(15,16)23(4,5)6)21-32(26,30(17,18)24(7,8)9)25(31)19-20-27(10,11)12/h19-20H,21H2,1-18H3/b20-19+. The molecule has 186 valence electrons. The second-order valence-electron chi connectivity index (χ2n) is 17.1. The fourth-order valence-electron chi connectivity index (χ4n) is 6.57. The minimum atomic E-state index is -1.29. The van der Waals surface area contributed by atoms with Gasteiger partial charge in [0.05, 0.1) is 8.07 Å². The lowest BCUT2D eigenvalue weighted by Gasteiger charge is -2.90. The van der Waals surface area contributed by atoms with Gasteiger partial charge in [-0.15, -0.1) is 11.4 Å². The predicted molar refractivity (Wildman–Crippen MR) is 172 cm³/mol. The number of rotatable bonds is 5. The Balaban J connectivity index is 2.89. The average Bonchev–Trinajstić information content (AvgIpc) is 2.39. The summed E-state index contributed by atoms with van der Waals surface area (Å²) in [6.45, 7) is 47.0. The fraction of sp³-hybridized carbons (Fsp3) is 0.917. The molecule has 32 heavy (non-hydrogen) atoms. The highest BCUT2D eigenvalue weighted by Gasteiger charge is 2.94. The molecular weight excluding hydrogens is 513 g/mol. The molecule has 0 saturated carbocycles. The van der Waals surface area contributed by atoms with Crippen LogP contribution in [0.4, 0.5) is 0 Å². The van der Waals surface area contributed by atoms with Crippen LogP contribution in [0, 0.1) is 0 Å². The van der Waals surface area contributed by atoms with Crippen molar-refractivity contribution < 1.29 is 0 Å². The first-order valence-corrected chi connectivity index (χ1v) is 40.2. The molecule has 3 aliphatic heterocycles. The lowest BCUT2D eigenvalue weighted by Crippen LogP contribution is -3.19. The summed E-state index contributed by atoms with van der Waals surface area (Å²) in [6.07, 6.45) is 0. The van der Waals surface area contributed by atoms with E-state index in [-0.39, 0.29) is 15.2 Å². The monoisotopic (exact) mass is 570 g/mol. The minimum Gasteiger partial charge on any atom is -0.110 e. The third-order valence-electron chi connectivity index (χ3n) is 11.4. The summed E-state index contributed by atoms with van der Waals surface area (Å²) in [6, 6.07) is 0. The van der Waals surface area contributed by atoms with Gasteiger partial charge in [0.25, 0.3) is 0 Å². The summed E-state index contributed by atoms with van der Waals surface area (Å²) < 4.78 is 0. The Morgan fingerprint density at radius 1 is 0.594 bits per heavy atom. The Morgan fingerprint density at radius 3 is 1.19 bits per heavy atom. The zero-order chi connectivity index (χ0) is 25.8. The molecule has 3 rings (SSSR count). The first kappa shape index (κ1) is 29.7. The van der Waals surface area contributed by atoms with Crippen LogP contribution in [0.3, 0.4) is 0 Å². The summed E-state index contributed by atoms with van der Waals surface area (Å²) in [7, 11) is -5.34. The summed E-state index contributed by atoms with van der Waals surface area (Å²) in [5.74, 6) is 0. The molecule has 0 amide bonds. The zero-order valence-electron chi connectivity index (χ0n) is 25.4. The molecule has 2 bridgehead atoms. The largest absolute Gasteiger partial charge is 0.110 e. The Labute approximate surface area is 211 Å². The highest BCUT2D eigenvalue weighted by Crippen LogP contribution is 2.71. The predicted octanol–water partition coefficient (Wildman–Crippen LogP) is 8.49. The third-order valence-corrected chi connectivity index (χ3v) is 185. The Bertz CT molecular complexity index is 730. The quantitative estimate of drug-likeness (QED) is 0.291. The van der Waals surface area contributed by atoms with Gasteiger partial charge >= 0.3 is 0 Å². The van der Waals surface area contributed by atoms with Crippen molar-refractivity contribution in [2.45, 2.75) is 142 Å². The molecule has 0 spiro atoms. The lowest BCUT2D eigenvalue weighted by atomic mass is 10.2. The molecule has 2 radical (unpaired) electrons. The van der Waals surface area contributed by atoms with E-state index in [0.717, 1.165) is 0 Å². The summed E-state index contributed by atoms with van der Waals surface area (Å²) in [5.41, 5.74) is 7.88. The van der Waals surface area contributed by atoms with Crippen LogP contribution in [0.15, 0.2) is 11.4 Å². The second-order valence-corrected chi connectivity index (χ2v) is 92.7. The molecule has 0 nitrogen and oxygen atoms in total. The van der Waals surface area contributed by atoms with Crippen LogP contribution in [0.2, 0.25) is 79.7 Å². The first-order chi connectivity index (χ1) is 13.7. The third kappa shape index (κ3) is 3.73. The van der Waals surface area contributed by atoms with E-state index >= 15 is 0 Å². The van der Waals surface area contributed by atoms with Crippen molar-refractivity contribution in [3.05, 3.63) is 11.4 Å². The van der Waals surface area contributed by atoms with Crippen LogP contribution in [0.5, 0.6) is 0 Å². The van der Waals surface area contributed by atoms with Gasteiger partial charge in [-0.2, -0.15) is 0 Å². The minimum absolute atomic E-state index is 0.125. The van der Waals surface area contributed by atoms with E-state index < -0.39 is 44.1 Å². The molecule has 0 aromatic heterocycles. The van der Waals surface area contributed by atoms with Crippen molar-refractivity contribution in [3.8, 4) is 0 Å². The molecule has 3 fully saturated rings. The molecule has 0 aromatic carbocycles.